The third kappa shape index (κ3) is 7.34. The second kappa shape index (κ2) is 4.98. The third-order valence-electron chi connectivity index (χ3n) is 0.985. The fourth-order valence-electron chi connectivity index (χ4n) is 0.474. The summed E-state index contributed by atoms with van der Waals surface area (Å²) in [6.07, 6.45) is 0.920. The number of urea groups is 1. The smallest absolute Gasteiger partial charge is 0.336 e. The first kappa shape index (κ1) is 11.2. The molecule has 0 saturated carbocycles. The molecule has 0 aliphatic carbocycles. The minimum Gasteiger partial charge on any atom is -0.336 e. The number of carbonyl (C=O) groups excluding carboxylic acids is 1. The molecule has 2 amide bonds. The highest BCUT2D eigenvalue weighted by Crippen LogP contribution is 2.02. The van der Waals surface area contributed by atoms with E-state index in [1.54, 1.807) is 0 Å². The van der Waals surface area contributed by atoms with Crippen molar-refractivity contribution in [3.05, 3.63) is 0 Å². The lowest BCUT2D eigenvalue weighted by Crippen LogP contribution is -2.40. The Labute approximate surface area is 73.6 Å². The van der Waals surface area contributed by atoms with Crippen LogP contribution in [0.4, 0.5) is 4.79 Å². The predicted molar refractivity (Wildman–Crippen MR) is 47.7 cm³/mol. The zero-order valence-corrected chi connectivity index (χ0v) is 8.23. The van der Waals surface area contributed by atoms with Crippen LogP contribution in [0.2, 0.25) is 0 Å². The molecule has 0 aromatic rings. The average Bonchev–Trinajstić information content (AvgIpc) is 1.95. The summed E-state index contributed by atoms with van der Waals surface area (Å²) >= 11 is 0. The van der Waals surface area contributed by atoms with Gasteiger partial charge in [-0.2, -0.15) is 0 Å². The van der Waals surface area contributed by atoms with Crippen LogP contribution < -0.4 is 10.8 Å². The van der Waals surface area contributed by atoms with Gasteiger partial charge in [-0.1, -0.05) is 6.92 Å². The molecule has 0 heterocycles. The first-order valence-electron chi connectivity index (χ1n) is 4.17. The lowest BCUT2D eigenvalue weighted by molar-refractivity contribution is -0.0528. The highest BCUT2D eigenvalue weighted by atomic mass is 16.7. The van der Waals surface area contributed by atoms with Crippen molar-refractivity contribution in [2.75, 3.05) is 6.54 Å². The Bertz CT molecular complexity index is 140. The second-order valence-electron chi connectivity index (χ2n) is 3.57. The van der Waals surface area contributed by atoms with Crippen LogP contribution in [0.15, 0.2) is 0 Å². The molecular formula is C8H18N2O2. The van der Waals surface area contributed by atoms with E-state index in [0.717, 1.165) is 6.42 Å². The van der Waals surface area contributed by atoms with E-state index in [2.05, 4.69) is 10.8 Å². The Kier molecular flexibility index (Phi) is 4.66. The molecule has 0 aromatic heterocycles. The van der Waals surface area contributed by atoms with Gasteiger partial charge < -0.3 is 5.32 Å². The van der Waals surface area contributed by atoms with Gasteiger partial charge in [-0.05, 0) is 27.2 Å². The number of hydrogen-bond acceptors (Lipinski definition) is 2. The Morgan fingerprint density at radius 2 is 2.00 bits per heavy atom. The minimum absolute atomic E-state index is 0.285. The second-order valence-corrected chi connectivity index (χ2v) is 3.57. The van der Waals surface area contributed by atoms with E-state index >= 15 is 0 Å². The van der Waals surface area contributed by atoms with Crippen LogP contribution in [-0.2, 0) is 4.84 Å². The summed E-state index contributed by atoms with van der Waals surface area (Å²) in [5.41, 5.74) is 1.96. The Morgan fingerprint density at radius 3 is 2.42 bits per heavy atom. The third-order valence-corrected chi connectivity index (χ3v) is 0.985. The number of rotatable bonds is 3. The van der Waals surface area contributed by atoms with Crippen LogP contribution in [0.1, 0.15) is 34.1 Å². The maximum atomic E-state index is 10.9. The zero-order chi connectivity index (χ0) is 9.61. The summed E-state index contributed by atoms with van der Waals surface area (Å²) in [6, 6.07) is -0.285. The quantitative estimate of drug-likeness (QED) is 0.636. The Balaban J connectivity index is 3.44. The highest BCUT2D eigenvalue weighted by Gasteiger charge is 2.11. The molecule has 0 aliphatic rings. The largest absolute Gasteiger partial charge is 0.338 e. The van der Waals surface area contributed by atoms with Crippen molar-refractivity contribution in [3.8, 4) is 0 Å². The fourth-order valence-corrected chi connectivity index (χ4v) is 0.474. The summed E-state index contributed by atoms with van der Waals surface area (Å²) in [4.78, 5) is 15.9. The summed E-state index contributed by atoms with van der Waals surface area (Å²) in [5, 5.41) is 2.63. The van der Waals surface area contributed by atoms with Crippen molar-refractivity contribution in [2.45, 2.75) is 39.7 Å². The lowest BCUT2D eigenvalue weighted by Gasteiger charge is -2.18. The number of hydrogen-bond donors (Lipinski definition) is 2. The van der Waals surface area contributed by atoms with Gasteiger partial charge in [0.05, 0.1) is 5.60 Å². The molecule has 0 saturated heterocycles. The van der Waals surface area contributed by atoms with E-state index in [1.165, 1.54) is 0 Å². The molecule has 2 N–H and O–H groups in total. The number of nitrogens with one attached hydrogen (secondary N) is 2. The van der Waals surface area contributed by atoms with Crippen molar-refractivity contribution in [3.63, 3.8) is 0 Å². The van der Waals surface area contributed by atoms with Crippen LogP contribution in [0.25, 0.3) is 0 Å². The van der Waals surface area contributed by atoms with E-state index in [0.29, 0.717) is 6.54 Å². The van der Waals surface area contributed by atoms with Gasteiger partial charge in [0.2, 0.25) is 0 Å². The molecule has 0 fully saturated rings. The minimum atomic E-state index is -0.344. The van der Waals surface area contributed by atoms with Gasteiger partial charge in [-0.25, -0.2) is 10.3 Å². The molecule has 0 aliphatic heterocycles. The molecule has 4 heteroatoms. The number of hydroxylamine groups is 1. The molecule has 0 atom stereocenters. The van der Waals surface area contributed by atoms with Crippen LogP contribution >= 0.6 is 0 Å². The Hall–Kier alpha value is -0.770. The van der Waals surface area contributed by atoms with Gasteiger partial charge in [0, 0.05) is 6.54 Å². The van der Waals surface area contributed by atoms with Gasteiger partial charge >= 0.3 is 6.03 Å². The molecule has 72 valence electrons. The van der Waals surface area contributed by atoms with Gasteiger partial charge in [-0.15, -0.1) is 0 Å². The maximum absolute atomic E-state index is 10.9. The topological polar surface area (TPSA) is 50.4 Å². The molecule has 0 spiro atoms. The molecule has 0 rings (SSSR count). The van der Waals surface area contributed by atoms with Gasteiger partial charge in [0.1, 0.15) is 0 Å². The molecule has 4 nitrogen and oxygen atoms in total. The first-order chi connectivity index (χ1) is 5.45. The predicted octanol–water partition coefficient (Wildman–Crippen LogP) is 1.43. The van der Waals surface area contributed by atoms with E-state index in [4.69, 9.17) is 4.84 Å². The van der Waals surface area contributed by atoms with E-state index in [1.807, 2.05) is 27.7 Å². The van der Waals surface area contributed by atoms with Crippen LogP contribution in [0.3, 0.4) is 0 Å². The molecular weight excluding hydrogens is 156 g/mol. The standard InChI is InChI=1S/C8H18N2O2/c1-5-6-9-7(11)10-12-8(2,3)4/h5-6H2,1-4H3,(H2,9,10,11). The van der Waals surface area contributed by atoms with E-state index < -0.39 is 0 Å². The van der Waals surface area contributed by atoms with Crippen molar-refractivity contribution in [1.29, 1.82) is 0 Å². The molecule has 0 radical (unpaired) electrons. The van der Waals surface area contributed by atoms with E-state index in [-0.39, 0.29) is 11.6 Å². The number of carbonyl (C=O) groups is 1. The fraction of sp³-hybridized carbons (Fsp3) is 0.875. The highest BCUT2D eigenvalue weighted by molar-refractivity contribution is 5.72. The molecule has 0 aromatic carbocycles. The SMILES string of the molecule is CCCNC(=O)NOC(C)(C)C. The van der Waals surface area contributed by atoms with Crippen molar-refractivity contribution < 1.29 is 9.63 Å². The first-order valence-corrected chi connectivity index (χ1v) is 4.17. The van der Waals surface area contributed by atoms with Crippen LogP contribution in [0.5, 0.6) is 0 Å². The van der Waals surface area contributed by atoms with Gasteiger partial charge in [0.25, 0.3) is 0 Å². The maximum Gasteiger partial charge on any atom is 0.338 e. The lowest BCUT2D eigenvalue weighted by atomic mass is 10.2. The molecule has 0 bridgehead atoms. The van der Waals surface area contributed by atoms with Crippen LogP contribution in [-0.4, -0.2) is 18.2 Å². The summed E-state index contributed by atoms with van der Waals surface area (Å²) in [5.74, 6) is 0. The normalized spacial score (nSPS) is 11.0. The van der Waals surface area contributed by atoms with Crippen LogP contribution in [0, 0.1) is 0 Å². The van der Waals surface area contributed by atoms with Crippen molar-refractivity contribution in [1.82, 2.24) is 10.8 Å². The van der Waals surface area contributed by atoms with E-state index in [9.17, 15) is 4.79 Å². The average molecular weight is 174 g/mol. The van der Waals surface area contributed by atoms with Gasteiger partial charge in [-0.3, -0.25) is 4.84 Å². The number of amides is 2. The molecule has 12 heavy (non-hydrogen) atoms. The molecule has 0 unspecified atom stereocenters. The van der Waals surface area contributed by atoms with Crippen molar-refractivity contribution in [2.24, 2.45) is 0 Å². The van der Waals surface area contributed by atoms with Gasteiger partial charge in [0.15, 0.2) is 0 Å². The summed E-state index contributed by atoms with van der Waals surface area (Å²) < 4.78 is 0. The van der Waals surface area contributed by atoms with Crippen molar-refractivity contribution >= 4 is 6.03 Å². The summed E-state index contributed by atoms with van der Waals surface area (Å²) in [6.45, 7) is 8.26. The zero-order valence-electron chi connectivity index (χ0n) is 8.23. The summed E-state index contributed by atoms with van der Waals surface area (Å²) in [7, 11) is 0. The monoisotopic (exact) mass is 174 g/mol. The Morgan fingerprint density at radius 1 is 1.42 bits per heavy atom.